The van der Waals surface area contributed by atoms with Gasteiger partial charge in [0.05, 0.1) is 17.8 Å². The number of aliphatic hydroxyl groups excluding tert-OH is 2. The molecule has 3 N–H and O–H groups in total. The molecule has 0 saturated heterocycles. The molecular weight excluding hydrogens is 408 g/mol. The van der Waals surface area contributed by atoms with Crippen molar-refractivity contribution in [1.82, 2.24) is 0 Å². The fourth-order valence-corrected chi connectivity index (χ4v) is 6.80. The average molecular weight is 455 g/mol. The van der Waals surface area contributed by atoms with Crippen LogP contribution in [-0.2, 0) is 0 Å². The van der Waals surface area contributed by atoms with Gasteiger partial charge in [-0.2, -0.15) is 0 Å². The van der Waals surface area contributed by atoms with E-state index in [1.165, 1.54) is 31.3 Å². The van der Waals surface area contributed by atoms with Gasteiger partial charge >= 0.3 is 0 Å². The van der Waals surface area contributed by atoms with E-state index >= 15 is 0 Å². The Morgan fingerprint density at radius 2 is 1.94 bits per heavy atom. The first-order chi connectivity index (χ1) is 15.6. The molecule has 0 aliphatic heterocycles. The highest BCUT2D eigenvalue weighted by Gasteiger charge is 2.50. The minimum absolute atomic E-state index is 0.285. The van der Waals surface area contributed by atoms with Crippen molar-refractivity contribution in [3.63, 3.8) is 0 Å². The lowest BCUT2D eigenvalue weighted by Crippen LogP contribution is -2.35. The molecule has 3 aliphatic carbocycles. The maximum atomic E-state index is 10.5. The molecule has 3 nitrogen and oxygen atoms in total. The molecule has 3 fully saturated rings. The third-order valence-electron chi connectivity index (χ3n) is 9.27. The minimum atomic E-state index is -0.629. The van der Waals surface area contributed by atoms with E-state index in [9.17, 15) is 15.3 Å². The molecule has 33 heavy (non-hydrogen) atoms. The molecule has 0 aromatic carbocycles. The van der Waals surface area contributed by atoms with Crippen LogP contribution in [0.3, 0.4) is 0 Å². The topological polar surface area (TPSA) is 60.7 Å². The normalized spacial score (nSPS) is 35.9. The van der Waals surface area contributed by atoms with E-state index in [2.05, 4.69) is 58.3 Å². The molecule has 0 aromatic rings. The molecule has 3 heteroatoms. The van der Waals surface area contributed by atoms with E-state index < -0.39 is 17.8 Å². The van der Waals surface area contributed by atoms with E-state index in [4.69, 9.17) is 0 Å². The number of allylic oxidation sites excluding steroid dienone is 3. The van der Waals surface area contributed by atoms with Crippen molar-refractivity contribution in [2.24, 2.45) is 23.2 Å². The van der Waals surface area contributed by atoms with E-state index in [1.807, 2.05) is 0 Å². The Bertz CT molecular complexity index is 821. The van der Waals surface area contributed by atoms with Crippen LogP contribution >= 0.6 is 0 Å². The first kappa shape index (κ1) is 26.3. The summed E-state index contributed by atoms with van der Waals surface area (Å²) in [6.07, 6.45) is 13.5. The molecule has 0 amide bonds. The van der Waals surface area contributed by atoms with Gasteiger partial charge in [-0.15, -0.1) is 5.92 Å². The lowest BCUT2D eigenvalue weighted by Gasteiger charge is -2.43. The van der Waals surface area contributed by atoms with Crippen LogP contribution in [0.4, 0.5) is 0 Å². The fraction of sp³-hybridized carbons (Fsp3) is 0.733. The maximum Gasteiger partial charge on any atom is 0.0811 e. The number of aliphatic hydroxyl groups is 3. The Kier molecular flexibility index (Phi) is 8.71. The van der Waals surface area contributed by atoms with Gasteiger partial charge in [-0.3, -0.25) is 0 Å². The standard InChI is InChI=1S/C30H46O3/c1-6-30(33,7-2)18-9-8-11-21(3)26-15-16-27-23(12-10-17-29(26,27)5)13-14-24-19-25(31)20-28(32)22(24)4/h13-14,21,25-28,31-33H,4,6-7,9-10,12,15-20H2,1-3,5H3/b23-13+,24-14-/t21-,25-,26-,27+,28+,29-/m1/s1. The Morgan fingerprint density at radius 1 is 1.21 bits per heavy atom. The summed E-state index contributed by atoms with van der Waals surface area (Å²) in [5.41, 5.74) is 3.01. The Labute approximate surface area is 202 Å². The zero-order chi connectivity index (χ0) is 24.2. The number of hydrogen-bond acceptors (Lipinski definition) is 3. The molecule has 3 rings (SSSR count). The fourth-order valence-electron chi connectivity index (χ4n) is 6.80. The van der Waals surface area contributed by atoms with Gasteiger partial charge < -0.3 is 15.3 Å². The van der Waals surface area contributed by atoms with Gasteiger partial charge in [-0.1, -0.05) is 57.9 Å². The molecule has 6 atom stereocenters. The summed E-state index contributed by atoms with van der Waals surface area (Å²) >= 11 is 0. The second-order valence-corrected chi connectivity index (χ2v) is 11.2. The van der Waals surface area contributed by atoms with Crippen LogP contribution in [0.5, 0.6) is 0 Å². The van der Waals surface area contributed by atoms with Crippen LogP contribution in [-0.4, -0.2) is 33.1 Å². The van der Waals surface area contributed by atoms with E-state index in [0.29, 0.717) is 30.6 Å². The van der Waals surface area contributed by atoms with Crippen LogP contribution < -0.4 is 0 Å². The van der Waals surface area contributed by atoms with Crippen molar-refractivity contribution in [1.29, 1.82) is 0 Å². The van der Waals surface area contributed by atoms with Gasteiger partial charge in [0.1, 0.15) is 0 Å². The van der Waals surface area contributed by atoms with Gasteiger partial charge in [0.2, 0.25) is 0 Å². The predicted molar refractivity (Wildman–Crippen MR) is 136 cm³/mol. The predicted octanol–water partition coefficient (Wildman–Crippen LogP) is 6.10. The van der Waals surface area contributed by atoms with Crippen molar-refractivity contribution in [3.05, 3.63) is 35.5 Å². The first-order valence-corrected chi connectivity index (χ1v) is 13.3. The number of rotatable bonds is 6. The van der Waals surface area contributed by atoms with E-state index in [-0.39, 0.29) is 5.41 Å². The average Bonchev–Trinajstić information content (AvgIpc) is 3.15. The largest absolute Gasteiger partial charge is 0.393 e. The van der Waals surface area contributed by atoms with Gasteiger partial charge in [0.15, 0.2) is 0 Å². The smallest absolute Gasteiger partial charge is 0.0811 e. The zero-order valence-electron chi connectivity index (χ0n) is 21.4. The molecule has 0 heterocycles. The summed E-state index contributed by atoms with van der Waals surface area (Å²) in [5.74, 6) is 8.53. The Balaban J connectivity index is 1.69. The minimum Gasteiger partial charge on any atom is -0.393 e. The summed E-state index contributed by atoms with van der Waals surface area (Å²) < 4.78 is 0. The molecule has 0 aromatic heterocycles. The van der Waals surface area contributed by atoms with Crippen molar-refractivity contribution < 1.29 is 15.3 Å². The summed E-state index contributed by atoms with van der Waals surface area (Å²) in [4.78, 5) is 0. The zero-order valence-corrected chi connectivity index (χ0v) is 21.4. The number of fused-ring (bicyclic) bond motifs is 1. The molecule has 184 valence electrons. The SMILES string of the molecule is C=C1/C(=C\C=C2/CCC[C@]3(C)[C@@H]([C@H](C)C#CCCC(O)(CC)CC)CC[C@@H]23)C[C@@H](O)C[C@@H]1O. The van der Waals surface area contributed by atoms with Gasteiger partial charge in [-0.05, 0) is 86.2 Å². The Hall–Kier alpha value is -1.34. The van der Waals surface area contributed by atoms with Crippen LogP contribution in [0.25, 0.3) is 0 Å². The van der Waals surface area contributed by atoms with Crippen LogP contribution in [0.1, 0.15) is 98.3 Å². The molecule has 0 spiro atoms. The van der Waals surface area contributed by atoms with Gasteiger partial charge in [-0.25, -0.2) is 0 Å². The summed E-state index contributed by atoms with van der Waals surface area (Å²) in [6, 6.07) is 0. The Morgan fingerprint density at radius 3 is 2.64 bits per heavy atom. The highest BCUT2D eigenvalue weighted by atomic mass is 16.3. The summed E-state index contributed by atoms with van der Waals surface area (Å²) in [6.45, 7) is 12.9. The summed E-state index contributed by atoms with van der Waals surface area (Å²) in [5, 5.41) is 30.7. The summed E-state index contributed by atoms with van der Waals surface area (Å²) in [7, 11) is 0. The highest BCUT2D eigenvalue weighted by molar-refractivity contribution is 5.38. The molecule has 3 saturated carbocycles. The van der Waals surface area contributed by atoms with Crippen LogP contribution in [0.2, 0.25) is 0 Å². The highest BCUT2D eigenvalue weighted by Crippen LogP contribution is 2.59. The molecule has 0 bridgehead atoms. The van der Waals surface area contributed by atoms with E-state index in [1.54, 1.807) is 0 Å². The third-order valence-corrected chi connectivity index (χ3v) is 9.27. The lowest BCUT2D eigenvalue weighted by atomic mass is 9.61. The molecule has 0 radical (unpaired) electrons. The maximum absolute atomic E-state index is 10.5. The molecule has 0 unspecified atom stereocenters. The monoisotopic (exact) mass is 454 g/mol. The molecule has 3 aliphatic rings. The van der Waals surface area contributed by atoms with Gasteiger partial charge in [0, 0.05) is 18.8 Å². The quantitative estimate of drug-likeness (QED) is 0.425. The lowest BCUT2D eigenvalue weighted by molar-refractivity contribution is 0.0251. The van der Waals surface area contributed by atoms with Crippen molar-refractivity contribution in [3.8, 4) is 11.8 Å². The van der Waals surface area contributed by atoms with Gasteiger partial charge in [0.25, 0.3) is 0 Å². The second kappa shape index (κ2) is 10.9. The second-order valence-electron chi connectivity index (χ2n) is 11.2. The van der Waals surface area contributed by atoms with E-state index in [0.717, 1.165) is 43.3 Å². The molecular formula is C30H46O3. The van der Waals surface area contributed by atoms with Crippen molar-refractivity contribution in [2.75, 3.05) is 0 Å². The first-order valence-electron chi connectivity index (χ1n) is 13.3. The third kappa shape index (κ3) is 5.84. The van der Waals surface area contributed by atoms with Crippen molar-refractivity contribution in [2.45, 2.75) is 116 Å². The number of hydrogen-bond donors (Lipinski definition) is 3. The van der Waals surface area contributed by atoms with Crippen LogP contribution in [0.15, 0.2) is 35.5 Å². The van der Waals surface area contributed by atoms with Crippen LogP contribution in [0, 0.1) is 35.0 Å². The van der Waals surface area contributed by atoms with Crippen molar-refractivity contribution >= 4 is 0 Å².